The molecule has 1 aliphatic carbocycles. The van der Waals surface area contributed by atoms with E-state index in [9.17, 15) is 9.59 Å². The summed E-state index contributed by atoms with van der Waals surface area (Å²) in [6, 6.07) is -0.465. The molecule has 0 aromatic carbocycles. The van der Waals surface area contributed by atoms with Crippen LogP contribution >= 0.6 is 11.8 Å². The number of hydrazone groups is 1. The van der Waals surface area contributed by atoms with Gasteiger partial charge in [0.2, 0.25) is 5.91 Å². The lowest BCUT2D eigenvalue weighted by Crippen LogP contribution is -2.57. The second kappa shape index (κ2) is 6.86. The van der Waals surface area contributed by atoms with Crippen LogP contribution in [0.5, 0.6) is 0 Å². The van der Waals surface area contributed by atoms with Crippen LogP contribution in [0.15, 0.2) is 16.8 Å². The van der Waals surface area contributed by atoms with E-state index in [1.165, 1.54) is 28.8 Å². The van der Waals surface area contributed by atoms with E-state index in [2.05, 4.69) is 16.5 Å². The van der Waals surface area contributed by atoms with Crippen molar-refractivity contribution in [2.24, 2.45) is 11.0 Å². The number of amides is 2. The summed E-state index contributed by atoms with van der Waals surface area (Å²) in [5.74, 6) is 0.0345. The number of carbonyl (C=O) groups excluding carboxylic acids is 2. The maximum Gasteiger partial charge on any atom is 0.251 e. The number of hydrogen-bond donors (Lipinski definition) is 1. The number of hydrogen-bond acceptors (Lipinski definition) is 4. The van der Waals surface area contributed by atoms with Crippen LogP contribution in [0.2, 0.25) is 0 Å². The molecule has 0 unspecified atom stereocenters. The normalized spacial score (nSPS) is 32.1. The standard InChI is InChI=1S/C16H23N3O2S/c1-22-16-17-15(21)14-12-9-6-5-8-11(12)7-3-2-4-10-13(20)19(14)18-16/h7,12,14H,2-6,8-10H2,1H3,(H,17,18,21)/b11-7+/t12-,14-/m1/s1. The van der Waals surface area contributed by atoms with Crippen LogP contribution in [0.1, 0.15) is 51.4 Å². The van der Waals surface area contributed by atoms with E-state index < -0.39 is 6.04 Å². The predicted molar refractivity (Wildman–Crippen MR) is 88.2 cm³/mol. The first-order chi connectivity index (χ1) is 10.7. The summed E-state index contributed by atoms with van der Waals surface area (Å²) in [5, 5.41) is 9.29. The minimum Gasteiger partial charge on any atom is -0.302 e. The number of nitrogens with one attached hydrogen (secondary N) is 1. The number of rotatable bonds is 0. The molecular formula is C16H23N3O2S. The Morgan fingerprint density at radius 2 is 2.05 bits per heavy atom. The minimum absolute atomic E-state index is 0.0155. The van der Waals surface area contributed by atoms with Crippen molar-refractivity contribution in [2.75, 3.05) is 6.26 Å². The Balaban J connectivity index is 1.99. The van der Waals surface area contributed by atoms with Gasteiger partial charge in [0.1, 0.15) is 6.04 Å². The fourth-order valence-electron chi connectivity index (χ4n) is 3.63. The van der Waals surface area contributed by atoms with Crippen molar-refractivity contribution in [3.63, 3.8) is 0 Å². The lowest BCUT2D eigenvalue weighted by atomic mass is 9.78. The summed E-state index contributed by atoms with van der Waals surface area (Å²) in [5.41, 5.74) is 1.36. The van der Waals surface area contributed by atoms with Gasteiger partial charge < -0.3 is 5.32 Å². The van der Waals surface area contributed by atoms with Crippen LogP contribution in [0.3, 0.4) is 0 Å². The molecule has 0 aromatic heterocycles. The Morgan fingerprint density at radius 1 is 1.23 bits per heavy atom. The Hall–Kier alpha value is -1.30. The molecule has 2 amide bonds. The fourth-order valence-corrected chi connectivity index (χ4v) is 4.00. The van der Waals surface area contributed by atoms with E-state index in [-0.39, 0.29) is 17.7 Å². The van der Waals surface area contributed by atoms with Crippen LogP contribution < -0.4 is 5.32 Å². The summed E-state index contributed by atoms with van der Waals surface area (Å²) in [4.78, 5) is 25.2. The number of nitrogens with zero attached hydrogens (tertiary/aromatic N) is 2. The average molecular weight is 321 g/mol. The molecule has 3 aliphatic rings. The van der Waals surface area contributed by atoms with Crippen molar-refractivity contribution in [3.05, 3.63) is 11.6 Å². The molecule has 5 nitrogen and oxygen atoms in total. The summed E-state index contributed by atoms with van der Waals surface area (Å²) in [7, 11) is 0. The van der Waals surface area contributed by atoms with Crippen molar-refractivity contribution in [2.45, 2.75) is 57.4 Å². The second-order valence-corrected chi connectivity index (χ2v) is 6.95. The van der Waals surface area contributed by atoms with Gasteiger partial charge in [-0.15, -0.1) is 5.10 Å². The highest BCUT2D eigenvalue weighted by Gasteiger charge is 2.42. The van der Waals surface area contributed by atoms with Crippen LogP contribution in [-0.2, 0) is 9.59 Å². The molecule has 22 heavy (non-hydrogen) atoms. The number of allylic oxidation sites excluding steroid dienone is 1. The highest BCUT2D eigenvalue weighted by molar-refractivity contribution is 8.13. The zero-order chi connectivity index (χ0) is 15.5. The van der Waals surface area contributed by atoms with E-state index in [0.717, 1.165) is 38.5 Å². The van der Waals surface area contributed by atoms with Crippen molar-refractivity contribution in [1.29, 1.82) is 0 Å². The van der Waals surface area contributed by atoms with Gasteiger partial charge in [0.25, 0.3) is 5.91 Å². The van der Waals surface area contributed by atoms with Crippen molar-refractivity contribution in [1.82, 2.24) is 10.3 Å². The van der Waals surface area contributed by atoms with Gasteiger partial charge in [-0.05, 0) is 44.8 Å². The molecule has 0 radical (unpaired) electrons. The molecule has 3 rings (SSSR count). The third-order valence-corrected chi connectivity index (χ3v) is 5.32. The fraction of sp³-hybridized carbons (Fsp3) is 0.688. The van der Waals surface area contributed by atoms with Crippen molar-refractivity contribution in [3.8, 4) is 0 Å². The zero-order valence-electron chi connectivity index (χ0n) is 13.0. The monoisotopic (exact) mass is 321 g/mol. The summed E-state index contributed by atoms with van der Waals surface area (Å²) < 4.78 is 0. The van der Waals surface area contributed by atoms with Crippen LogP contribution in [0.4, 0.5) is 0 Å². The van der Waals surface area contributed by atoms with E-state index in [4.69, 9.17) is 0 Å². The number of carbonyl (C=O) groups is 2. The zero-order valence-corrected chi connectivity index (χ0v) is 13.8. The third kappa shape index (κ3) is 3.07. The van der Waals surface area contributed by atoms with E-state index >= 15 is 0 Å². The van der Waals surface area contributed by atoms with Crippen LogP contribution in [0.25, 0.3) is 0 Å². The predicted octanol–water partition coefficient (Wildman–Crippen LogP) is 2.64. The maximum atomic E-state index is 12.6. The van der Waals surface area contributed by atoms with E-state index in [0.29, 0.717) is 11.6 Å². The van der Waals surface area contributed by atoms with Gasteiger partial charge in [-0.1, -0.05) is 29.8 Å². The molecule has 1 fully saturated rings. The molecular weight excluding hydrogens is 298 g/mol. The van der Waals surface area contributed by atoms with E-state index in [1.807, 2.05) is 6.26 Å². The summed E-state index contributed by atoms with van der Waals surface area (Å²) in [6.45, 7) is 0. The van der Waals surface area contributed by atoms with Crippen molar-refractivity contribution < 1.29 is 9.59 Å². The second-order valence-electron chi connectivity index (χ2n) is 6.16. The molecule has 2 atom stereocenters. The molecule has 0 spiro atoms. The average Bonchev–Trinajstić information content (AvgIpc) is 2.54. The van der Waals surface area contributed by atoms with Gasteiger partial charge in [-0.2, -0.15) is 0 Å². The van der Waals surface area contributed by atoms with Gasteiger partial charge in [0, 0.05) is 12.3 Å². The van der Waals surface area contributed by atoms with Gasteiger partial charge >= 0.3 is 0 Å². The molecule has 0 saturated heterocycles. The number of fused-ring (bicyclic) bond motifs is 3. The SMILES string of the molecule is CSC1=NN2C(=O)CCCC/C=C3\CCCC[C@H]3[C@@H]2C(=O)N1. The Labute approximate surface area is 135 Å². The molecule has 0 bridgehead atoms. The quantitative estimate of drug-likeness (QED) is 0.698. The molecule has 0 aromatic rings. The van der Waals surface area contributed by atoms with E-state index in [1.54, 1.807) is 0 Å². The Bertz CT molecular complexity index is 529. The molecule has 6 heteroatoms. The number of amidine groups is 1. The third-order valence-electron chi connectivity index (χ3n) is 4.75. The first-order valence-corrected chi connectivity index (χ1v) is 9.37. The van der Waals surface area contributed by atoms with Gasteiger partial charge in [0.15, 0.2) is 5.17 Å². The summed E-state index contributed by atoms with van der Waals surface area (Å²) in [6.07, 6.45) is 11.9. The summed E-state index contributed by atoms with van der Waals surface area (Å²) >= 11 is 1.37. The smallest absolute Gasteiger partial charge is 0.251 e. The first-order valence-electron chi connectivity index (χ1n) is 8.15. The molecule has 1 N–H and O–H groups in total. The number of thioether (sulfide) groups is 1. The van der Waals surface area contributed by atoms with Crippen LogP contribution in [-0.4, -0.2) is 34.3 Å². The van der Waals surface area contributed by atoms with Crippen molar-refractivity contribution >= 4 is 28.7 Å². The van der Waals surface area contributed by atoms with Gasteiger partial charge in [-0.3, -0.25) is 9.59 Å². The molecule has 1 saturated carbocycles. The molecule has 2 aliphatic heterocycles. The Kier molecular flexibility index (Phi) is 4.86. The minimum atomic E-state index is -0.465. The molecule has 120 valence electrons. The first kappa shape index (κ1) is 15.6. The highest BCUT2D eigenvalue weighted by Crippen LogP contribution is 2.36. The highest BCUT2D eigenvalue weighted by atomic mass is 32.2. The molecule has 2 heterocycles. The van der Waals surface area contributed by atoms with Crippen LogP contribution in [0, 0.1) is 5.92 Å². The maximum absolute atomic E-state index is 12.6. The lowest BCUT2D eigenvalue weighted by Gasteiger charge is -2.39. The largest absolute Gasteiger partial charge is 0.302 e. The van der Waals surface area contributed by atoms with Gasteiger partial charge in [0.05, 0.1) is 0 Å². The topological polar surface area (TPSA) is 61.8 Å². The lowest BCUT2D eigenvalue weighted by molar-refractivity contribution is -0.143. The Morgan fingerprint density at radius 3 is 2.86 bits per heavy atom. The van der Waals surface area contributed by atoms with Gasteiger partial charge in [-0.25, -0.2) is 5.01 Å².